The molecule has 0 aliphatic rings. The maximum Gasteiger partial charge on any atom is 0.328 e. The Balaban J connectivity index is 1.89. The number of anilines is 1. The zero-order valence-corrected chi connectivity index (χ0v) is 17.5. The molecule has 0 saturated carbocycles. The van der Waals surface area contributed by atoms with Crippen molar-refractivity contribution in [2.24, 2.45) is 0 Å². The molecular formula is C19H26N5O4P. The predicted octanol–water partition coefficient (Wildman–Crippen LogP) is 2.37. The van der Waals surface area contributed by atoms with E-state index in [-0.39, 0.29) is 30.2 Å². The zero-order chi connectivity index (χ0) is 21.0. The quantitative estimate of drug-likeness (QED) is 0.358. The largest absolute Gasteiger partial charge is 0.463 e. The van der Waals surface area contributed by atoms with Gasteiger partial charge < -0.3 is 20.3 Å². The van der Waals surface area contributed by atoms with Crippen molar-refractivity contribution in [2.45, 2.75) is 32.7 Å². The number of aryl methyl sites for hydroxylation is 1. The molecule has 1 atom stereocenters. The van der Waals surface area contributed by atoms with Gasteiger partial charge in [0.2, 0.25) is 0 Å². The lowest BCUT2D eigenvalue weighted by atomic mass is 10.1. The fourth-order valence-electron chi connectivity index (χ4n) is 2.95. The van der Waals surface area contributed by atoms with E-state index < -0.39 is 7.37 Å². The van der Waals surface area contributed by atoms with E-state index in [0.717, 1.165) is 24.0 Å². The number of fused-ring (bicyclic) bond motifs is 1. The van der Waals surface area contributed by atoms with Gasteiger partial charge in [-0.25, -0.2) is 4.79 Å². The van der Waals surface area contributed by atoms with Gasteiger partial charge in [-0.05, 0) is 24.0 Å². The lowest BCUT2D eigenvalue weighted by Gasteiger charge is -2.09. The molecule has 9 nitrogen and oxygen atoms in total. The first kappa shape index (κ1) is 21.1. The number of aromatic amines is 1. The van der Waals surface area contributed by atoms with Gasteiger partial charge >= 0.3 is 11.7 Å². The van der Waals surface area contributed by atoms with Gasteiger partial charge in [-0.15, -0.1) is 0 Å². The molecule has 10 heteroatoms. The van der Waals surface area contributed by atoms with Crippen molar-refractivity contribution in [2.75, 3.05) is 25.2 Å². The number of nitrogens with zero attached hydrogens (tertiary/aromatic N) is 3. The molecule has 0 bridgehead atoms. The van der Waals surface area contributed by atoms with Crippen LogP contribution in [0.25, 0.3) is 11.2 Å². The Kier molecular flexibility index (Phi) is 6.39. The van der Waals surface area contributed by atoms with E-state index in [1.165, 1.54) is 11.2 Å². The van der Waals surface area contributed by atoms with Crippen LogP contribution in [0.5, 0.6) is 6.01 Å². The Hall–Kier alpha value is -2.64. The van der Waals surface area contributed by atoms with Crippen LogP contribution < -0.4 is 16.2 Å². The predicted molar refractivity (Wildman–Crippen MR) is 113 cm³/mol. The molecule has 0 radical (unpaired) electrons. The number of imidazole rings is 1. The molecular weight excluding hydrogens is 393 g/mol. The van der Waals surface area contributed by atoms with Crippen LogP contribution in [-0.2, 0) is 17.5 Å². The number of H-pyrrole nitrogens is 1. The van der Waals surface area contributed by atoms with Crippen molar-refractivity contribution >= 4 is 24.4 Å². The second-order valence-corrected chi connectivity index (χ2v) is 9.70. The van der Waals surface area contributed by atoms with Gasteiger partial charge in [0.05, 0.1) is 13.2 Å². The van der Waals surface area contributed by atoms with Crippen molar-refractivity contribution in [1.82, 2.24) is 19.5 Å². The molecule has 156 valence electrons. The molecule has 0 amide bonds. The first-order valence-corrected chi connectivity index (χ1v) is 11.8. The van der Waals surface area contributed by atoms with E-state index in [4.69, 9.17) is 10.5 Å². The van der Waals surface area contributed by atoms with E-state index in [1.54, 1.807) is 0 Å². The van der Waals surface area contributed by atoms with Gasteiger partial charge in [0.25, 0.3) is 0 Å². The van der Waals surface area contributed by atoms with Gasteiger partial charge in [-0.3, -0.25) is 9.13 Å². The lowest BCUT2D eigenvalue weighted by Crippen LogP contribution is -2.18. The molecule has 3 aromatic rings. The lowest BCUT2D eigenvalue weighted by molar-refractivity contribution is 0.286. The van der Waals surface area contributed by atoms with Crippen LogP contribution in [0.15, 0.2) is 29.1 Å². The molecule has 0 aliphatic carbocycles. The van der Waals surface area contributed by atoms with E-state index in [0.29, 0.717) is 24.2 Å². The summed E-state index contributed by atoms with van der Waals surface area (Å²) < 4.78 is 18.6. The maximum absolute atomic E-state index is 12.5. The summed E-state index contributed by atoms with van der Waals surface area (Å²) in [4.78, 5) is 33.2. The fraction of sp³-hybridized carbons (Fsp3) is 0.421. The Morgan fingerprint density at radius 3 is 2.79 bits per heavy atom. The van der Waals surface area contributed by atoms with Gasteiger partial charge in [0.1, 0.15) is 5.52 Å². The number of nitrogens with two attached hydrogens (primary N) is 1. The number of hydrogen-bond acceptors (Lipinski definition) is 6. The molecule has 0 saturated heterocycles. The summed E-state index contributed by atoms with van der Waals surface area (Å²) in [5.74, 6) is 0.160. The third-order valence-corrected chi connectivity index (χ3v) is 5.56. The number of nitrogens with one attached hydrogen (secondary N) is 1. The SMILES string of the molecule is CCCCOc1nc(N)c2[nH]c(=O)n(Cc3cccc(CCP(C)(=O)O)c3)c2n1. The Bertz CT molecular complexity index is 1100. The number of ether oxygens (including phenoxy) is 1. The summed E-state index contributed by atoms with van der Waals surface area (Å²) in [7, 11) is -3.07. The van der Waals surface area contributed by atoms with Crippen molar-refractivity contribution in [3.8, 4) is 6.01 Å². The number of benzene rings is 1. The summed E-state index contributed by atoms with van der Waals surface area (Å²) in [5, 5.41) is 0. The van der Waals surface area contributed by atoms with Crippen molar-refractivity contribution in [3.63, 3.8) is 0 Å². The third kappa shape index (κ3) is 5.46. The molecule has 1 aromatic carbocycles. The molecule has 4 N–H and O–H groups in total. The third-order valence-electron chi connectivity index (χ3n) is 4.51. The maximum atomic E-state index is 12.5. The number of aromatic nitrogens is 4. The summed E-state index contributed by atoms with van der Waals surface area (Å²) in [6, 6.07) is 7.72. The van der Waals surface area contributed by atoms with Gasteiger partial charge in [-0.2, -0.15) is 9.97 Å². The minimum atomic E-state index is -3.07. The van der Waals surface area contributed by atoms with Crippen LogP contribution in [0.4, 0.5) is 5.82 Å². The Morgan fingerprint density at radius 1 is 1.31 bits per heavy atom. The van der Waals surface area contributed by atoms with Crippen LogP contribution in [0, 0.1) is 0 Å². The molecule has 2 aromatic heterocycles. The molecule has 3 rings (SSSR count). The van der Waals surface area contributed by atoms with Gasteiger partial charge in [0.15, 0.2) is 18.8 Å². The van der Waals surface area contributed by atoms with Crippen molar-refractivity contribution < 1.29 is 14.2 Å². The fourth-order valence-corrected chi connectivity index (χ4v) is 3.63. The number of hydrogen-bond donors (Lipinski definition) is 3. The van der Waals surface area contributed by atoms with Crippen LogP contribution in [0.2, 0.25) is 0 Å². The van der Waals surface area contributed by atoms with Crippen LogP contribution in [-0.4, -0.2) is 43.8 Å². The highest BCUT2D eigenvalue weighted by Gasteiger charge is 2.15. The second-order valence-electron chi connectivity index (χ2n) is 7.15. The zero-order valence-electron chi connectivity index (χ0n) is 16.6. The normalized spacial score (nSPS) is 13.5. The second kappa shape index (κ2) is 8.80. The van der Waals surface area contributed by atoms with E-state index in [1.807, 2.05) is 24.3 Å². The molecule has 2 heterocycles. The molecule has 1 unspecified atom stereocenters. The highest BCUT2D eigenvalue weighted by atomic mass is 31.2. The van der Waals surface area contributed by atoms with Gasteiger partial charge in [0, 0.05) is 12.8 Å². The van der Waals surface area contributed by atoms with Crippen LogP contribution >= 0.6 is 7.37 Å². The summed E-state index contributed by atoms with van der Waals surface area (Å²) in [6.07, 6.45) is 2.55. The van der Waals surface area contributed by atoms with Crippen LogP contribution in [0.3, 0.4) is 0 Å². The van der Waals surface area contributed by atoms with E-state index in [9.17, 15) is 14.3 Å². The van der Waals surface area contributed by atoms with E-state index >= 15 is 0 Å². The Morgan fingerprint density at radius 2 is 2.07 bits per heavy atom. The summed E-state index contributed by atoms with van der Waals surface area (Å²) >= 11 is 0. The molecule has 0 fully saturated rings. The van der Waals surface area contributed by atoms with Gasteiger partial charge in [-0.1, -0.05) is 37.6 Å². The van der Waals surface area contributed by atoms with Crippen molar-refractivity contribution in [3.05, 3.63) is 45.9 Å². The smallest absolute Gasteiger partial charge is 0.328 e. The minimum Gasteiger partial charge on any atom is -0.463 e. The summed E-state index contributed by atoms with van der Waals surface area (Å²) in [5.41, 5.74) is 8.20. The Labute approximate surface area is 168 Å². The summed E-state index contributed by atoms with van der Waals surface area (Å²) in [6.45, 7) is 4.16. The van der Waals surface area contributed by atoms with Crippen LogP contribution in [0.1, 0.15) is 30.9 Å². The number of unbranched alkanes of at least 4 members (excludes halogenated alkanes) is 1. The number of rotatable bonds is 9. The first-order valence-electron chi connectivity index (χ1n) is 9.53. The molecule has 29 heavy (non-hydrogen) atoms. The van der Waals surface area contributed by atoms with Crippen molar-refractivity contribution in [1.29, 1.82) is 0 Å². The minimum absolute atomic E-state index is 0.145. The monoisotopic (exact) mass is 419 g/mol. The van der Waals surface area contributed by atoms with E-state index in [2.05, 4.69) is 21.9 Å². The molecule has 0 aliphatic heterocycles. The highest BCUT2D eigenvalue weighted by molar-refractivity contribution is 7.57. The number of nitrogen functional groups attached to an aromatic ring is 1. The first-order chi connectivity index (χ1) is 13.8. The topological polar surface area (TPSA) is 136 Å². The highest BCUT2D eigenvalue weighted by Crippen LogP contribution is 2.35. The standard InChI is InChI=1S/C19H26N5O4P/c1-3-4-9-28-18-22-16(20)15-17(23-18)24(19(25)21-15)12-14-7-5-6-13(11-14)8-10-29(2,26)27/h5-7,11H,3-4,8-10,12H2,1-2H3,(H,21,25)(H,26,27)(H2,20,22,23). The average Bonchev–Trinajstić information content (AvgIpc) is 2.97. The molecule has 0 spiro atoms. The average molecular weight is 419 g/mol.